The molecule has 1 saturated heterocycles. The molecule has 1 fully saturated rings. The highest BCUT2D eigenvalue weighted by atomic mass is 16.5. The highest BCUT2D eigenvalue weighted by Crippen LogP contribution is 2.22. The van der Waals surface area contributed by atoms with Crippen LogP contribution in [-0.2, 0) is 27.5 Å². The Kier molecular flexibility index (Phi) is 9.87. The number of urea groups is 1. The van der Waals surface area contributed by atoms with Gasteiger partial charge in [-0.3, -0.25) is 9.59 Å². The van der Waals surface area contributed by atoms with E-state index in [1.54, 1.807) is 25.8 Å². The first-order valence-electron chi connectivity index (χ1n) is 12.5. The standard InChI is InChI=1S/C27H38N6O4/c1-27(2,28)25(35)31-22(19-37-18-20-9-5-4-6-10-20)24(34)33-15-13-32(14-16-33)23-12-8-7-11-21(23)17-30-26(36)29-3/h4-12,22H,13-19,28H2,1-3H3,(H,31,35)(H2,29,30,36). The molecule has 0 saturated carbocycles. The highest BCUT2D eigenvalue weighted by Gasteiger charge is 2.32. The Balaban J connectivity index is 1.62. The normalized spacial score (nSPS) is 14.6. The molecule has 10 nitrogen and oxygen atoms in total. The minimum Gasteiger partial charge on any atom is -0.374 e. The molecule has 2 aromatic carbocycles. The largest absolute Gasteiger partial charge is 0.374 e. The number of hydrogen-bond donors (Lipinski definition) is 4. The zero-order valence-electron chi connectivity index (χ0n) is 21.8. The molecule has 200 valence electrons. The molecule has 5 N–H and O–H groups in total. The number of carbonyl (C=O) groups excluding carboxylic acids is 3. The number of anilines is 1. The molecule has 10 heteroatoms. The molecule has 0 aliphatic carbocycles. The van der Waals surface area contributed by atoms with Gasteiger partial charge in [0.05, 0.1) is 18.8 Å². The van der Waals surface area contributed by atoms with Crippen molar-refractivity contribution in [3.63, 3.8) is 0 Å². The fourth-order valence-electron chi connectivity index (χ4n) is 4.01. The summed E-state index contributed by atoms with van der Waals surface area (Å²) < 4.78 is 5.82. The van der Waals surface area contributed by atoms with Crippen LogP contribution in [0, 0.1) is 0 Å². The summed E-state index contributed by atoms with van der Waals surface area (Å²) >= 11 is 0. The SMILES string of the molecule is CNC(=O)NCc1ccccc1N1CCN(C(=O)C(COCc2ccccc2)NC(=O)C(C)(C)N)CC1. The molecule has 3 rings (SSSR count). The van der Waals surface area contributed by atoms with Crippen molar-refractivity contribution in [1.82, 2.24) is 20.9 Å². The lowest BCUT2D eigenvalue weighted by atomic mass is 10.1. The Morgan fingerprint density at radius 2 is 1.65 bits per heavy atom. The third-order valence-electron chi connectivity index (χ3n) is 6.17. The maximum absolute atomic E-state index is 13.4. The van der Waals surface area contributed by atoms with Gasteiger partial charge in [0.15, 0.2) is 0 Å². The number of para-hydroxylation sites is 1. The van der Waals surface area contributed by atoms with Gasteiger partial charge < -0.3 is 36.2 Å². The number of hydrogen-bond acceptors (Lipinski definition) is 6. The summed E-state index contributed by atoms with van der Waals surface area (Å²) in [5.74, 6) is -0.606. The number of nitrogens with one attached hydrogen (secondary N) is 3. The summed E-state index contributed by atoms with van der Waals surface area (Å²) in [5.41, 5.74) is 7.84. The van der Waals surface area contributed by atoms with Crippen LogP contribution in [0.15, 0.2) is 54.6 Å². The van der Waals surface area contributed by atoms with E-state index >= 15 is 0 Å². The van der Waals surface area contributed by atoms with Gasteiger partial charge in [-0.2, -0.15) is 0 Å². The van der Waals surface area contributed by atoms with Crippen molar-refractivity contribution in [1.29, 1.82) is 0 Å². The molecular formula is C27H38N6O4. The van der Waals surface area contributed by atoms with E-state index in [2.05, 4.69) is 20.9 Å². The Bertz CT molecular complexity index is 1050. The number of piperazine rings is 1. The van der Waals surface area contributed by atoms with Crippen LogP contribution in [0.3, 0.4) is 0 Å². The quantitative estimate of drug-likeness (QED) is 0.380. The molecule has 1 aliphatic heterocycles. The van der Waals surface area contributed by atoms with E-state index in [1.807, 2.05) is 54.6 Å². The van der Waals surface area contributed by atoms with Crippen LogP contribution in [-0.4, -0.2) is 74.2 Å². The molecular weight excluding hydrogens is 472 g/mol. The van der Waals surface area contributed by atoms with Crippen molar-refractivity contribution in [2.24, 2.45) is 5.73 Å². The number of rotatable bonds is 10. The molecule has 2 aromatic rings. The lowest BCUT2D eigenvalue weighted by Crippen LogP contribution is -2.60. The summed E-state index contributed by atoms with van der Waals surface area (Å²) in [6.07, 6.45) is 0. The average molecular weight is 511 g/mol. The van der Waals surface area contributed by atoms with Gasteiger partial charge in [-0.1, -0.05) is 48.5 Å². The maximum Gasteiger partial charge on any atom is 0.314 e. The van der Waals surface area contributed by atoms with Crippen LogP contribution in [0.4, 0.5) is 10.5 Å². The van der Waals surface area contributed by atoms with Crippen molar-refractivity contribution in [3.05, 3.63) is 65.7 Å². The van der Waals surface area contributed by atoms with Crippen molar-refractivity contribution < 1.29 is 19.1 Å². The van der Waals surface area contributed by atoms with Gasteiger partial charge >= 0.3 is 6.03 Å². The third-order valence-corrected chi connectivity index (χ3v) is 6.17. The van der Waals surface area contributed by atoms with Gasteiger partial charge in [0, 0.05) is 45.5 Å². The number of ether oxygens (including phenoxy) is 1. The van der Waals surface area contributed by atoms with E-state index in [9.17, 15) is 14.4 Å². The van der Waals surface area contributed by atoms with Crippen LogP contribution in [0.2, 0.25) is 0 Å². The predicted molar refractivity (Wildman–Crippen MR) is 143 cm³/mol. The summed E-state index contributed by atoms with van der Waals surface area (Å²) in [5, 5.41) is 8.17. The van der Waals surface area contributed by atoms with Crippen LogP contribution in [0.1, 0.15) is 25.0 Å². The lowest BCUT2D eigenvalue weighted by molar-refractivity contribution is -0.139. The van der Waals surface area contributed by atoms with Crippen LogP contribution in [0.5, 0.6) is 0 Å². The molecule has 4 amide bonds. The molecule has 1 atom stereocenters. The first-order chi connectivity index (χ1) is 17.7. The zero-order valence-corrected chi connectivity index (χ0v) is 21.8. The van der Waals surface area contributed by atoms with E-state index in [-0.39, 0.29) is 18.5 Å². The maximum atomic E-state index is 13.4. The number of nitrogens with zero attached hydrogens (tertiary/aromatic N) is 2. The summed E-state index contributed by atoms with van der Waals surface area (Å²) in [7, 11) is 1.58. The van der Waals surface area contributed by atoms with Gasteiger partial charge in [0.2, 0.25) is 11.8 Å². The summed E-state index contributed by atoms with van der Waals surface area (Å²) in [4.78, 5) is 41.6. The number of carbonyl (C=O) groups is 3. The molecule has 0 spiro atoms. The smallest absolute Gasteiger partial charge is 0.314 e. The second kappa shape index (κ2) is 13.1. The molecule has 0 bridgehead atoms. The van der Waals surface area contributed by atoms with Gasteiger partial charge in [-0.05, 0) is 31.0 Å². The Morgan fingerprint density at radius 1 is 1.00 bits per heavy atom. The predicted octanol–water partition coefficient (Wildman–Crippen LogP) is 1.20. The Labute approximate surface area is 218 Å². The molecule has 0 aromatic heterocycles. The van der Waals surface area contributed by atoms with Crippen LogP contribution in [0.25, 0.3) is 0 Å². The van der Waals surface area contributed by atoms with Gasteiger partial charge in [-0.15, -0.1) is 0 Å². The molecule has 1 unspecified atom stereocenters. The summed E-state index contributed by atoms with van der Waals surface area (Å²) in [6.45, 7) is 6.21. The summed E-state index contributed by atoms with van der Waals surface area (Å²) in [6, 6.07) is 16.5. The van der Waals surface area contributed by atoms with E-state index in [0.29, 0.717) is 39.3 Å². The van der Waals surface area contributed by atoms with Crippen molar-refractivity contribution >= 4 is 23.5 Å². The van der Waals surface area contributed by atoms with Crippen molar-refractivity contribution in [2.45, 2.75) is 38.6 Å². The monoisotopic (exact) mass is 510 g/mol. The molecule has 37 heavy (non-hydrogen) atoms. The lowest BCUT2D eigenvalue weighted by Gasteiger charge is -2.38. The van der Waals surface area contributed by atoms with Gasteiger partial charge in [0.1, 0.15) is 6.04 Å². The fourth-order valence-corrected chi connectivity index (χ4v) is 4.01. The third kappa shape index (κ3) is 8.19. The Hall–Kier alpha value is -3.63. The minimum absolute atomic E-state index is 0.0454. The number of nitrogens with two attached hydrogens (primary N) is 1. The van der Waals surface area contributed by atoms with Crippen molar-refractivity contribution in [2.75, 3.05) is 44.7 Å². The van der Waals surface area contributed by atoms with Gasteiger partial charge in [0.25, 0.3) is 0 Å². The average Bonchev–Trinajstić information content (AvgIpc) is 2.91. The molecule has 0 radical (unpaired) electrons. The first-order valence-corrected chi connectivity index (χ1v) is 12.5. The number of benzene rings is 2. The van der Waals surface area contributed by atoms with E-state index in [4.69, 9.17) is 10.5 Å². The van der Waals surface area contributed by atoms with E-state index in [1.165, 1.54) is 0 Å². The topological polar surface area (TPSA) is 129 Å². The van der Waals surface area contributed by atoms with Crippen LogP contribution >= 0.6 is 0 Å². The number of amides is 4. The Morgan fingerprint density at radius 3 is 2.30 bits per heavy atom. The van der Waals surface area contributed by atoms with E-state index in [0.717, 1.165) is 16.8 Å². The molecule has 1 heterocycles. The first kappa shape index (κ1) is 27.9. The molecule has 1 aliphatic rings. The second-order valence-corrected chi connectivity index (χ2v) is 9.62. The van der Waals surface area contributed by atoms with E-state index < -0.39 is 17.5 Å². The van der Waals surface area contributed by atoms with Crippen molar-refractivity contribution in [3.8, 4) is 0 Å². The van der Waals surface area contributed by atoms with Crippen LogP contribution < -0.4 is 26.6 Å². The highest BCUT2D eigenvalue weighted by molar-refractivity contribution is 5.91. The fraction of sp³-hybridized carbons (Fsp3) is 0.444. The van der Waals surface area contributed by atoms with Gasteiger partial charge in [-0.25, -0.2) is 4.79 Å². The minimum atomic E-state index is -1.12. The second-order valence-electron chi connectivity index (χ2n) is 9.62. The zero-order chi connectivity index (χ0) is 26.8.